The summed E-state index contributed by atoms with van der Waals surface area (Å²) < 4.78 is 4.82. The fourth-order valence-corrected chi connectivity index (χ4v) is 1.47. The number of cyclic esters (lactones) is 1. The van der Waals surface area contributed by atoms with E-state index in [1.807, 2.05) is 0 Å². The molecular formula is C12H18N4O6. The SMILES string of the molecule is CC1NC(=O)CNC(=O)CNC(=O)CNC(=O)CCOC1=O. The Labute approximate surface area is 126 Å². The molecule has 1 unspecified atom stereocenters. The number of carbonyl (C=O) groups excluding carboxylic acids is 5. The Morgan fingerprint density at radius 2 is 1.32 bits per heavy atom. The molecular weight excluding hydrogens is 296 g/mol. The molecule has 1 atom stereocenters. The van der Waals surface area contributed by atoms with Gasteiger partial charge in [0.25, 0.3) is 0 Å². The van der Waals surface area contributed by atoms with Crippen LogP contribution in [0.5, 0.6) is 0 Å². The van der Waals surface area contributed by atoms with Crippen molar-refractivity contribution in [2.45, 2.75) is 19.4 Å². The standard InChI is InChI=1S/C12H18N4O6/c1-7-12(21)22-3-2-8(17)13-4-9(18)14-5-10(19)15-6-11(20)16-7/h7H,2-6H2,1H3,(H,13,17)(H,14,18)(H,15,19)(H,16,20). The molecule has 1 saturated heterocycles. The second-order valence-corrected chi connectivity index (χ2v) is 4.54. The smallest absolute Gasteiger partial charge is 0.328 e. The molecule has 1 fully saturated rings. The van der Waals surface area contributed by atoms with Crippen LogP contribution in [0.15, 0.2) is 0 Å². The van der Waals surface area contributed by atoms with Crippen molar-refractivity contribution < 1.29 is 28.7 Å². The van der Waals surface area contributed by atoms with E-state index < -0.39 is 35.6 Å². The quantitative estimate of drug-likeness (QED) is 0.347. The van der Waals surface area contributed by atoms with Gasteiger partial charge in [0.15, 0.2) is 0 Å². The molecule has 0 saturated carbocycles. The molecule has 122 valence electrons. The van der Waals surface area contributed by atoms with E-state index in [0.29, 0.717) is 0 Å². The molecule has 0 radical (unpaired) electrons. The van der Waals surface area contributed by atoms with E-state index in [2.05, 4.69) is 21.3 Å². The lowest BCUT2D eigenvalue weighted by molar-refractivity contribution is -0.148. The Morgan fingerprint density at radius 1 is 0.818 bits per heavy atom. The van der Waals surface area contributed by atoms with Gasteiger partial charge in [-0.25, -0.2) is 4.79 Å². The molecule has 0 spiro atoms. The molecule has 0 aliphatic carbocycles. The van der Waals surface area contributed by atoms with Crippen LogP contribution in [0.2, 0.25) is 0 Å². The molecule has 0 aromatic rings. The van der Waals surface area contributed by atoms with Gasteiger partial charge in [-0.1, -0.05) is 0 Å². The molecule has 10 heteroatoms. The Balaban J connectivity index is 2.61. The van der Waals surface area contributed by atoms with Crippen LogP contribution in [0.4, 0.5) is 0 Å². The molecule has 1 aliphatic rings. The summed E-state index contributed by atoms with van der Waals surface area (Å²) in [6, 6.07) is -0.903. The zero-order valence-electron chi connectivity index (χ0n) is 12.1. The molecule has 4 N–H and O–H groups in total. The summed E-state index contributed by atoms with van der Waals surface area (Å²) in [7, 11) is 0. The monoisotopic (exact) mass is 314 g/mol. The summed E-state index contributed by atoms with van der Waals surface area (Å²) in [6.07, 6.45) is -0.111. The molecule has 22 heavy (non-hydrogen) atoms. The number of rotatable bonds is 0. The molecule has 10 nitrogen and oxygen atoms in total. The summed E-state index contributed by atoms with van der Waals surface area (Å²) >= 11 is 0. The number of hydrogen-bond donors (Lipinski definition) is 4. The van der Waals surface area contributed by atoms with E-state index in [9.17, 15) is 24.0 Å². The fourth-order valence-electron chi connectivity index (χ4n) is 1.47. The van der Waals surface area contributed by atoms with Crippen molar-refractivity contribution in [2.24, 2.45) is 0 Å². The third-order valence-electron chi connectivity index (χ3n) is 2.64. The first-order valence-corrected chi connectivity index (χ1v) is 6.64. The third-order valence-corrected chi connectivity index (χ3v) is 2.64. The van der Waals surface area contributed by atoms with Crippen LogP contribution in [-0.4, -0.2) is 61.9 Å². The number of carbonyl (C=O) groups is 5. The minimum Gasteiger partial charge on any atom is -0.464 e. The van der Waals surface area contributed by atoms with Crippen LogP contribution in [0, 0.1) is 0 Å². The Bertz CT molecular complexity index is 478. The highest BCUT2D eigenvalue weighted by Gasteiger charge is 2.18. The van der Waals surface area contributed by atoms with Gasteiger partial charge in [0.2, 0.25) is 23.6 Å². The maximum Gasteiger partial charge on any atom is 0.328 e. The third kappa shape index (κ3) is 6.68. The Morgan fingerprint density at radius 3 is 1.91 bits per heavy atom. The van der Waals surface area contributed by atoms with Gasteiger partial charge < -0.3 is 26.0 Å². The van der Waals surface area contributed by atoms with E-state index in [4.69, 9.17) is 4.74 Å². The minimum atomic E-state index is -0.903. The van der Waals surface area contributed by atoms with E-state index >= 15 is 0 Å². The highest BCUT2D eigenvalue weighted by atomic mass is 16.5. The van der Waals surface area contributed by atoms with Crippen LogP contribution in [0.3, 0.4) is 0 Å². The number of amides is 4. The second-order valence-electron chi connectivity index (χ2n) is 4.54. The van der Waals surface area contributed by atoms with Gasteiger partial charge in [0.05, 0.1) is 26.1 Å². The van der Waals surface area contributed by atoms with Crippen LogP contribution >= 0.6 is 0 Å². The summed E-state index contributed by atoms with van der Waals surface area (Å²) in [6.45, 7) is 0.314. The van der Waals surface area contributed by atoms with Crippen LogP contribution in [-0.2, 0) is 28.7 Å². The highest BCUT2D eigenvalue weighted by Crippen LogP contribution is 1.91. The summed E-state index contributed by atoms with van der Waals surface area (Å²) in [5, 5.41) is 9.21. The number of esters is 1. The summed E-state index contributed by atoms with van der Waals surface area (Å²) in [5.74, 6) is -2.87. The van der Waals surface area contributed by atoms with Crippen molar-refractivity contribution in [1.29, 1.82) is 0 Å². The minimum absolute atomic E-state index is 0.111. The van der Waals surface area contributed by atoms with E-state index in [1.54, 1.807) is 0 Å². The van der Waals surface area contributed by atoms with Gasteiger partial charge >= 0.3 is 5.97 Å². The molecule has 0 aromatic carbocycles. The highest BCUT2D eigenvalue weighted by molar-refractivity contribution is 5.91. The summed E-state index contributed by atoms with van der Waals surface area (Å²) in [5.41, 5.74) is 0. The average molecular weight is 314 g/mol. The predicted octanol–water partition coefficient (Wildman–Crippen LogP) is -3.21. The number of nitrogens with one attached hydrogen (secondary N) is 4. The largest absolute Gasteiger partial charge is 0.464 e. The van der Waals surface area contributed by atoms with Crippen molar-refractivity contribution in [1.82, 2.24) is 21.3 Å². The Kier molecular flexibility index (Phi) is 6.80. The summed E-state index contributed by atoms with van der Waals surface area (Å²) in [4.78, 5) is 57.2. The van der Waals surface area contributed by atoms with Crippen molar-refractivity contribution in [3.63, 3.8) is 0 Å². The first-order chi connectivity index (χ1) is 10.4. The first-order valence-electron chi connectivity index (χ1n) is 6.64. The predicted molar refractivity (Wildman–Crippen MR) is 72.2 cm³/mol. The molecule has 0 aromatic heterocycles. The van der Waals surface area contributed by atoms with Crippen molar-refractivity contribution >= 4 is 29.6 Å². The van der Waals surface area contributed by atoms with E-state index in [0.717, 1.165) is 0 Å². The van der Waals surface area contributed by atoms with Gasteiger partial charge in [-0.05, 0) is 6.92 Å². The molecule has 1 heterocycles. The normalized spacial score (nSPS) is 22.8. The lowest BCUT2D eigenvalue weighted by Gasteiger charge is -2.14. The first kappa shape index (κ1) is 17.4. The lowest BCUT2D eigenvalue weighted by atomic mass is 10.3. The zero-order chi connectivity index (χ0) is 16.5. The van der Waals surface area contributed by atoms with Gasteiger partial charge in [0, 0.05) is 0 Å². The fraction of sp³-hybridized carbons (Fsp3) is 0.583. The number of hydrogen-bond acceptors (Lipinski definition) is 6. The Hall–Kier alpha value is -2.65. The van der Waals surface area contributed by atoms with Gasteiger partial charge in [0.1, 0.15) is 12.6 Å². The van der Waals surface area contributed by atoms with Crippen LogP contribution < -0.4 is 21.3 Å². The van der Waals surface area contributed by atoms with Gasteiger partial charge in [-0.3, -0.25) is 19.2 Å². The van der Waals surface area contributed by atoms with Gasteiger partial charge in [-0.2, -0.15) is 0 Å². The van der Waals surface area contributed by atoms with Crippen LogP contribution in [0.25, 0.3) is 0 Å². The molecule has 1 aliphatic heterocycles. The zero-order valence-corrected chi connectivity index (χ0v) is 12.1. The molecule has 1 rings (SSSR count). The van der Waals surface area contributed by atoms with Crippen molar-refractivity contribution in [3.8, 4) is 0 Å². The van der Waals surface area contributed by atoms with Crippen LogP contribution in [0.1, 0.15) is 13.3 Å². The maximum atomic E-state index is 11.6. The topological polar surface area (TPSA) is 143 Å². The van der Waals surface area contributed by atoms with E-state index in [1.165, 1.54) is 6.92 Å². The molecule has 4 amide bonds. The van der Waals surface area contributed by atoms with E-state index in [-0.39, 0.29) is 32.7 Å². The lowest BCUT2D eigenvalue weighted by Crippen LogP contribution is -2.47. The van der Waals surface area contributed by atoms with Crippen molar-refractivity contribution in [3.05, 3.63) is 0 Å². The second kappa shape index (κ2) is 8.60. The average Bonchev–Trinajstić information content (AvgIpc) is 2.47. The number of ether oxygens (including phenoxy) is 1. The van der Waals surface area contributed by atoms with Crippen molar-refractivity contribution in [2.75, 3.05) is 26.2 Å². The van der Waals surface area contributed by atoms with Gasteiger partial charge in [-0.15, -0.1) is 0 Å². The molecule has 0 bridgehead atoms. The maximum absolute atomic E-state index is 11.6.